The lowest BCUT2D eigenvalue weighted by molar-refractivity contribution is 0.00377. The van der Waals surface area contributed by atoms with E-state index in [0.29, 0.717) is 12.0 Å². The summed E-state index contributed by atoms with van der Waals surface area (Å²) in [7, 11) is 2.25. The summed E-state index contributed by atoms with van der Waals surface area (Å²) in [5.41, 5.74) is -0.393. The number of rotatable bonds is 3. The SMILES string of the molecule is CC(C)C1CCCCN1.CC(C)C1CCCCN1C.CC(C)C1CCCCN1C(=O)OC(C)(C)C. The van der Waals surface area contributed by atoms with Gasteiger partial charge in [-0.2, -0.15) is 0 Å². The van der Waals surface area contributed by atoms with E-state index in [1.165, 1.54) is 58.0 Å². The first-order valence-electron chi connectivity index (χ1n) is 14.8. The Hall–Kier alpha value is -0.810. The first-order chi connectivity index (χ1) is 16.3. The summed E-state index contributed by atoms with van der Waals surface area (Å²) in [6, 6.07) is 2.01. The second-order valence-electron chi connectivity index (χ2n) is 13.1. The lowest BCUT2D eigenvalue weighted by Gasteiger charge is -2.38. The molecule has 0 saturated carbocycles. The fourth-order valence-electron chi connectivity index (χ4n) is 5.59. The maximum absolute atomic E-state index is 12.0. The summed E-state index contributed by atoms with van der Waals surface area (Å²) in [6.45, 7) is 22.7. The van der Waals surface area contributed by atoms with E-state index in [1.54, 1.807) is 0 Å². The van der Waals surface area contributed by atoms with Crippen LogP contribution in [0.25, 0.3) is 0 Å². The number of nitrogens with one attached hydrogen (secondary N) is 1. The van der Waals surface area contributed by atoms with Gasteiger partial charge >= 0.3 is 6.09 Å². The number of ether oxygens (including phenoxy) is 1. The maximum atomic E-state index is 12.0. The van der Waals surface area contributed by atoms with Crippen LogP contribution in [0.5, 0.6) is 0 Å². The lowest BCUT2D eigenvalue weighted by Crippen LogP contribution is -2.48. The molecule has 3 unspecified atom stereocenters. The summed E-state index contributed by atoms with van der Waals surface area (Å²) < 4.78 is 5.44. The smallest absolute Gasteiger partial charge is 0.410 e. The molecule has 5 nitrogen and oxygen atoms in total. The van der Waals surface area contributed by atoms with Crippen LogP contribution in [0.4, 0.5) is 4.79 Å². The Bertz CT molecular complexity index is 564. The van der Waals surface area contributed by atoms with Crippen molar-refractivity contribution in [1.82, 2.24) is 15.1 Å². The van der Waals surface area contributed by atoms with Crippen molar-refractivity contribution in [3.63, 3.8) is 0 Å². The number of hydrogen-bond acceptors (Lipinski definition) is 4. The van der Waals surface area contributed by atoms with Gasteiger partial charge in [0.05, 0.1) is 0 Å². The minimum Gasteiger partial charge on any atom is -0.444 e. The third kappa shape index (κ3) is 12.8. The predicted molar refractivity (Wildman–Crippen MR) is 151 cm³/mol. The molecule has 0 aliphatic carbocycles. The van der Waals surface area contributed by atoms with Gasteiger partial charge in [0.1, 0.15) is 5.60 Å². The van der Waals surface area contributed by atoms with Crippen LogP contribution in [0.3, 0.4) is 0 Å². The van der Waals surface area contributed by atoms with Crippen LogP contribution in [-0.4, -0.2) is 66.3 Å². The van der Waals surface area contributed by atoms with Crippen molar-refractivity contribution in [2.24, 2.45) is 17.8 Å². The Labute approximate surface area is 219 Å². The minimum absolute atomic E-state index is 0.147. The Kier molecular flexibility index (Phi) is 14.8. The molecule has 0 radical (unpaired) electrons. The van der Waals surface area contributed by atoms with E-state index in [9.17, 15) is 4.79 Å². The Morgan fingerprint density at radius 2 is 1.31 bits per heavy atom. The van der Waals surface area contributed by atoms with Gasteiger partial charge in [-0.1, -0.05) is 54.4 Å². The Balaban J connectivity index is 0.000000278. The summed E-state index contributed by atoms with van der Waals surface area (Å²) in [6.07, 6.45) is 11.7. The topological polar surface area (TPSA) is 44.8 Å². The van der Waals surface area contributed by atoms with Gasteiger partial charge in [0, 0.05) is 24.7 Å². The van der Waals surface area contributed by atoms with Crippen molar-refractivity contribution < 1.29 is 9.53 Å². The van der Waals surface area contributed by atoms with Gasteiger partial charge in [-0.05, 0) is 104 Å². The van der Waals surface area contributed by atoms with Crippen molar-refractivity contribution in [1.29, 1.82) is 0 Å². The number of likely N-dealkylation sites (tertiary alicyclic amines) is 2. The van der Waals surface area contributed by atoms with Crippen molar-refractivity contribution in [3.8, 4) is 0 Å². The fraction of sp³-hybridized carbons (Fsp3) is 0.967. The molecule has 5 heteroatoms. The van der Waals surface area contributed by atoms with Gasteiger partial charge < -0.3 is 19.9 Å². The lowest BCUT2D eigenvalue weighted by atomic mass is 9.93. The molecule has 0 spiro atoms. The zero-order valence-electron chi connectivity index (χ0n) is 25.2. The molecule has 3 atom stereocenters. The molecular weight excluding hydrogens is 434 g/mol. The first kappa shape index (κ1) is 32.2. The fourth-order valence-corrected chi connectivity index (χ4v) is 5.59. The highest BCUT2D eigenvalue weighted by molar-refractivity contribution is 5.68. The van der Waals surface area contributed by atoms with Crippen LogP contribution in [0.1, 0.15) is 120 Å². The second-order valence-corrected chi connectivity index (χ2v) is 13.1. The molecule has 3 saturated heterocycles. The number of carbonyl (C=O) groups is 1. The summed E-state index contributed by atoms with van der Waals surface area (Å²) in [5, 5.41) is 3.52. The molecule has 1 N–H and O–H groups in total. The third-order valence-corrected chi connectivity index (χ3v) is 7.70. The van der Waals surface area contributed by atoms with Gasteiger partial charge in [-0.15, -0.1) is 0 Å². The summed E-state index contributed by atoms with van der Waals surface area (Å²) in [5.74, 6) is 2.17. The predicted octanol–water partition coefficient (Wildman–Crippen LogP) is 7.34. The summed E-state index contributed by atoms with van der Waals surface area (Å²) in [4.78, 5) is 16.5. The molecule has 3 rings (SSSR count). The van der Waals surface area contributed by atoms with E-state index < -0.39 is 5.60 Å². The number of amides is 1. The van der Waals surface area contributed by atoms with E-state index in [-0.39, 0.29) is 6.09 Å². The molecule has 35 heavy (non-hydrogen) atoms. The zero-order valence-corrected chi connectivity index (χ0v) is 25.2. The zero-order chi connectivity index (χ0) is 26.6. The summed E-state index contributed by atoms with van der Waals surface area (Å²) >= 11 is 0. The van der Waals surface area contributed by atoms with Crippen LogP contribution in [0.15, 0.2) is 0 Å². The van der Waals surface area contributed by atoms with E-state index in [2.05, 4.69) is 58.8 Å². The molecule has 1 amide bonds. The van der Waals surface area contributed by atoms with Crippen molar-refractivity contribution in [2.45, 2.75) is 144 Å². The van der Waals surface area contributed by atoms with Crippen LogP contribution in [0.2, 0.25) is 0 Å². The van der Waals surface area contributed by atoms with E-state index >= 15 is 0 Å². The van der Waals surface area contributed by atoms with E-state index in [0.717, 1.165) is 43.3 Å². The number of hydrogen-bond donors (Lipinski definition) is 1. The van der Waals surface area contributed by atoms with Gasteiger partial charge in [-0.3, -0.25) is 0 Å². The van der Waals surface area contributed by atoms with E-state index in [4.69, 9.17) is 4.74 Å². The third-order valence-electron chi connectivity index (χ3n) is 7.70. The first-order valence-corrected chi connectivity index (χ1v) is 14.8. The molecule has 3 fully saturated rings. The molecule has 0 bridgehead atoms. The highest BCUT2D eigenvalue weighted by atomic mass is 16.6. The monoisotopic (exact) mass is 495 g/mol. The van der Waals surface area contributed by atoms with Crippen molar-refractivity contribution >= 4 is 6.09 Å². The molecule has 3 heterocycles. The second kappa shape index (κ2) is 16.1. The van der Waals surface area contributed by atoms with Crippen molar-refractivity contribution in [2.75, 3.05) is 26.7 Å². The van der Waals surface area contributed by atoms with Gasteiger partial charge in [0.2, 0.25) is 0 Å². The number of nitrogens with zero attached hydrogens (tertiary/aromatic N) is 2. The molecule has 208 valence electrons. The Morgan fingerprint density at radius 3 is 1.71 bits per heavy atom. The molecule has 3 aliphatic rings. The normalized spacial score (nSPS) is 26.1. The van der Waals surface area contributed by atoms with Crippen LogP contribution >= 0.6 is 0 Å². The molecule has 0 aromatic rings. The van der Waals surface area contributed by atoms with E-state index in [1.807, 2.05) is 25.7 Å². The van der Waals surface area contributed by atoms with Gasteiger partial charge in [0.15, 0.2) is 0 Å². The average Bonchev–Trinajstić information content (AvgIpc) is 2.79. The van der Waals surface area contributed by atoms with Crippen LogP contribution < -0.4 is 5.32 Å². The maximum Gasteiger partial charge on any atom is 0.410 e. The van der Waals surface area contributed by atoms with Crippen LogP contribution in [0, 0.1) is 17.8 Å². The molecule has 3 aliphatic heterocycles. The van der Waals surface area contributed by atoms with Crippen LogP contribution in [-0.2, 0) is 4.74 Å². The number of piperidine rings is 3. The molecule has 0 aromatic heterocycles. The molecular formula is C30H61N3O2. The number of carbonyl (C=O) groups excluding carboxylic acids is 1. The largest absolute Gasteiger partial charge is 0.444 e. The van der Waals surface area contributed by atoms with Crippen molar-refractivity contribution in [3.05, 3.63) is 0 Å². The highest BCUT2D eigenvalue weighted by Crippen LogP contribution is 2.25. The highest BCUT2D eigenvalue weighted by Gasteiger charge is 2.31. The molecule has 0 aromatic carbocycles. The van der Waals surface area contributed by atoms with Gasteiger partial charge in [-0.25, -0.2) is 4.79 Å². The average molecular weight is 496 g/mol. The standard InChI is InChI=1S/C13H25NO2.C9H19N.C8H17N/c1-10(2)11-8-6-7-9-14(11)12(15)16-13(3,4)5;1-8(2)9-6-4-5-7-10(9)3;1-7(2)8-5-3-4-6-9-8/h10-11H,6-9H2,1-5H3;8-9H,4-7H2,1-3H3;7-9H,3-6H2,1-2H3. The quantitative estimate of drug-likeness (QED) is 0.445. The van der Waals surface area contributed by atoms with Gasteiger partial charge in [0.25, 0.3) is 0 Å². The minimum atomic E-state index is -0.393. The Morgan fingerprint density at radius 1 is 0.771 bits per heavy atom.